The lowest BCUT2D eigenvalue weighted by Crippen LogP contribution is -2.27. The van der Waals surface area contributed by atoms with Crippen molar-refractivity contribution in [1.82, 2.24) is 0 Å². The maximum atomic E-state index is 12.4. The molecule has 0 bridgehead atoms. The number of benzene rings is 1. The summed E-state index contributed by atoms with van der Waals surface area (Å²) >= 11 is 0. The van der Waals surface area contributed by atoms with Crippen molar-refractivity contribution in [3.05, 3.63) is 46.9 Å². The summed E-state index contributed by atoms with van der Waals surface area (Å²) < 4.78 is 21.4. The van der Waals surface area contributed by atoms with E-state index < -0.39 is 5.78 Å². The van der Waals surface area contributed by atoms with E-state index in [1.807, 2.05) is 12.1 Å². The lowest BCUT2D eigenvalue weighted by atomic mass is 9.90. The van der Waals surface area contributed by atoms with Gasteiger partial charge in [0, 0.05) is 11.6 Å². The molecule has 126 valence electrons. The van der Waals surface area contributed by atoms with Crippen molar-refractivity contribution in [2.45, 2.75) is 18.9 Å². The van der Waals surface area contributed by atoms with Crippen LogP contribution in [0.25, 0.3) is 0 Å². The van der Waals surface area contributed by atoms with E-state index in [0.717, 1.165) is 5.56 Å². The van der Waals surface area contributed by atoms with Crippen LogP contribution >= 0.6 is 0 Å². The molecule has 0 saturated heterocycles. The van der Waals surface area contributed by atoms with Crippen molar-refractivity contribution < 1.29 is 28.5 Å². The summed E-state index contributed by atoms with van der Waals surface area (Å²) in [6.45, 7) is 0. The standard InChI is InChI=1S/C18H18O6/c1-21-14-6-4-10(8-15(14)22-2)13-7-5-11-12(19)9-16(23-3)17(20)18(11)24-13/h4,6,8-9,13H,5,7H2,1-3H3/t13-/m1/s1. The molecule has 1 aromatic carbocycles. The molecule has 0 spiro atoms. The third-order valence-corrected chi connectivity index (χ3v) is 4.18. The Labute approximate surface area is 139 Å². The zero-order valence-electron chi connectivity index (χ0n) is 13.8. The van der Waals surface area contributed by atoms with Gasteiger partial charge in [-0.05, 0) is 30.5 Å². The van der Waals surface area contributed by atoms with E-state index in [2.05, 4.69) is 0 Å². The first-order valence-electron chi connectivity index (χ1n) is 7.55. The highest BCUT2D eigenvalue weighted by molar-refractivity contribution is 6.21. The zero-order chi connectivity index (χ0) is 17.3. The normalized spacial score (nSPS) is 20.1. The van der Waals surface area contributed by atoms with Crippen LogP contribution in [0.5, 0.6) is 11.5 Å². The molecule has 0 N–H and O–H groups in total. The van der Waals surface area contributed by atoms with E-state index in [9.17, 15) is 9.59 Å². The summed E-state index contributed by atoms with van der Waals surface area (Å²) in [5.41, 5.74) is 1.27. The minimum absolute atomic E-state index is 0.00621. The minimum Gasteiger partial charge on any atom is -0.493 e. The summed E-state index contributed by atoms with van der Waals surface area (Å²) in [5, 5.41) is 0. The number of carbonyl (C=O) groups excluding carboxylic acids is 2. The molecule has 24 heavy (non-hydrogen) atoms. The number of carbonyl (C=O) groups is 2. The fourth-order valence-electron chi connectivity index (χ4n) is 2.91. The fourth-order valence-corrected chi connectivity index (χ4v) is 2.91. The SMILES string of the molecule is COC1=CC(=O)C2=C(O[C@@H](c3ccc(OC)c(OC)c3)CC2)C1=O. The maximum Gasteiger partial charge on any atom is 0.262 e. The smallest absolute Gasteiger partial charge is 0.262 e. The van der Waals surface area contributed by atoms with Crippen molar-refractivity contribution in [3.8, 4) is 11.5 Å². The molecule has 6 heteroatoms. The van der Waals surface area contributed by atoms with Crippen LogP contribution < -0.4 is 9.47 Å². The number of hydrogen-bond donors (Lipinski definition) is 0. The Morgan fingerprint density at radius 2 is 1.79 bits per heavy atom. The second-order valence-corrected chi connectivity index (χ2v) is 5.47. The second kappa shape index (κ2) is 6.39. The largest absolute Gasteiger partial charge is 0.493 e. The van der Waals surface area contributed by atoms with E-state index in [1.54, 1.807) is 20.3 Å². The Kier molecular flexibility index (Phi) is 4.29. The maximum absolute atomic E-state index is 12.4. The van der Waals surface area contributed by atoms with Gasteiger partial charge in [0.1, 0.15) is 6.10 Å². The van der Waals surface area contributed by atoms with Crippen molar-refractivity contribution in [2.24, 2.45) is 0 Å². The van der Waals surface area contributed by atoms with Gasteiger partial charge in [-0.1, -0.05) is 6.07 Å². The number of Topliss-reactive ketones (excluding diaryl/α,β-unsaturated/α-hetero) is 1. The average Bonchev–Trinajstić information content (AvgIpc) is 2.63. The first-order valence-corrected chi connectivity index (χ1v) is 7.55. The Morgan fingerprint density at radius 1 is 1.04 bits per heavy atom. The van der Waals surface area contributed by atoms with E-state index >= 15 is 0 Å². The minimum atomic E-state index is -0.391. The molecule has 0 fully saturated rings. The third-order valence-electron chi connectivity index (χ3n) is 4.18. The van der Waals surface area contributed by atoms with Crippen molar-refractivity contribution >= 4 is 11.6 Å². The molecule has 1 heterocycles. The highest BCUT2D eigenvalue weighted by atomic mass is 16.5. The van der Waals surface area contributed by atoms with E-state index in [1.165, 1.54) is 13.2 Å². The summed E-state index contributed by atoms with van der Waals surface area (Å²) in [4.78, 5) is 24.5. The molecule has 1 aliphatic carbocycles. The molecule has 0 amide bonds. The second-order valence-electron chi connectivity index (χ2n) is 5.47. The lowest BCUT2D eigenvalue weighted by Gasteiger charge is -2.29. The number of rotatable bonds is 4. The molecule has 0 aromatic heterocycles. The van der Waals surface area contributed by atoms with E-state index in [0.29, 0.717) is 29.9 Å². The van der Waals surface area contributed by atoms with Crippen LogP contribution in [0.4, 0.5) is 0 Å². The molecule has 1 aliphatic heterocycles. The predicted molar refractivity (Wildman–Crippen MR) is 84.7 cm³/mol. The summed E-state index contributed by atoms with van der Waals surface area (Å²) in [6.07, 6.45) is 1.97. The fraction of sp³-hybridized carbons (Fsp3) is 0.333. The molecule has 2 aliphatic rings. The van der Waals surface area contributed by atoms with Gasteiger partial charge in [-0.3, -0.25) is 9.59 Å². The molecular formula is C18H18O6. The Hall–Kier alpha value is -2.76. The van der Waals surface area contributed by atoms with Gasteiger partial charge in [0.2, 0.25) is 0 Å². The summed E-state index contributed by atoms with van der Waals surface area (Å²) in [7, 11) is 4.48. The zero-order valence-corrected chi connectivity index (χ0v) is 13.8. The van der Waals surface area contributed by atoms with Crippen molar-refractivity contribution in [2.75, 3.05) is 21.3 Å². The van der Waals surface area contributed by atoms with Gasteiger partial charge < -0.3 is 18.9 Å². The van der Waals surface area contributed by atoms with Crippen LogP contribution in [0.15, 0.2) is 41.4 Å². The number of ether oxygens (including phenoxy) is 4. The first-order chi connectivity index (χ1) is 11.6. The molecule has 0 saturated carbocycles. The highest BCUT2D eigenvalue weighted by Crippen LogP contribution is 2.39. The van der Waals surface area contributed by atoms with Gasteiger partial charge in [0.05, 0.1) is 21.3 Å². The van der Waals surface area contributed by atoms with Crippen molar-refractivity contribution in [3.63, 3.8) is 0 Å². The number of methoxy groups -OCH3 is 3. The first kappa shape index (κ1) is 16.1. The quantitative estimate of drug-likeness (QED) is 0.790. The van der Waals surface area contributed by atoms with Crippen LogP contribution in [-0.2, 0) is 19.1 Å². The van der Waals surface area contributed by atoms with Gasteiger partial charge in [0.25, 0.3) is 5.78 Å². The predicted octanol–water partition coefficient (Wildman–Crippen LogP) is 2.49. The molecule has 1 atom stereocenters. The van der Waals surface area contributed by atoms with Gasteiger partial charge in [-0.15, -0.1) is 0 Å². The van der Waals surface area contributed by atoms with Crippen LogP contribution in [0.1, 0.15) is 24.5 Å². The number of allylic oxidation sites excluding steroid dienone is 2. The van der Waals surface area contributed by atoms with Crippen LogP contribution in [0.3, 0.4) is 0 Å². The van der Waals surface area contributed by atoms with Crippen LogP contribution in [0.2, 0.25) is 0 Å². The topological polar surface area (TPSA) is 71.1 Å². The molecular weight excluding hydrogens is 312 g/mol. The summed E-state index contributed by atoms with van der Waals surface area (Å²) in [5.74, 6) is 0.675. The van der Waals surface area contributed by atoms with Gasteiger partial charge >= 0.3 is 0 Å². The Morgan fingerprint density at radius 3 is 2.46 bits per heavy atom. The Balaban J connectivity index is 1.90. The average molecular weight is 330 g/mol. The Bertz CT molecular complexity index is 759. The number of hydrogen-bond acceptors (Lipinski definition) is 6. The van der Waals surface area contributed by atoms with E-state index in [4.69, 9.17) is 18.9 Å². The molecule has 3 rings (SSSR count). The lowest BCUT2D eigenvalue weighted by molar-refractivity contribution is -0.123. The molecule has 0 radical (unpaired) electrons. The number of ketones is 2. The summed E-state index contributed by atoms with van der Waals surface area (Å²) in [6, 6.07) is 5.47. The van der Waals surface area contributed by atoms with Crippen LogP contribution in [0, 0.1) is 0 Å². The molecule has 1 aromatic rings. The molecule has 6 nitrogen and oxygen atoms in total. The third kappa shape index (κ3) is 2.64. The van der Waals surface area contributed by atoms with Gasteiger partial charge in [-0.25, -0.2) is 0 Å². The monoisotopic (exact) mass is 330 g/mol. The highest BCUT2D eigenvalue weighted by Gasteiger charge is 2.36. The van der Waals surface area contributed by atoms with E-state index in [-0.39, 0.29) is 23.4 Å². The molecule has 0 unspecified atom stereocenters. The van der Waals surface area contributed by atoms with Gasteiger partial charge in [0.15, 0.2) is 28.8 Å². The van der Waals surface area contributed by atoms with Crippen LogP contribution in [-0.4, -0.2) is 32.9 Å². The van der Waals surface area contributed by atoms with Gasteiger partial charge in [-0.2, -0.15) is 0 Å². The van der Waals surface area contributed by atoms with Crippen molar-refractivity contribution in [1.29, 1.82) is 0 Å².